The molecule has 0 aliphatic carbocycles. The zero-order valence-corrected chi connectivity index (χ0v) is 16.9. The number of nitrogens with zero attached hydrogens (tertiary/aromatic N) is 4. The molecule has 0 saturated heterocycles. The molecule has 2 unspecified atom stereocenters. The molecule has 1 aliphatic rings. The highest BCUT2D eigenvalue weighted by Crippen LogP contribution is 2.44. The fraction of sp³-hybridized carbons (Fsp3) is 0.238. The Balaban J connectivity index is 1.60. The molecule has 0 fully saturated rings. The number of hydrazone groups is 1. The summed E-state index contributed by atoms with van der Waals surface area (Å²) in [6.45, 7) is 0. The fourth-order valence-electron chi connectivity index (χ4n) is 3.46. The molecule has 8 nitrogen and oxygen atoms in total. The largest absolute Gasteiger partial charge is 0.497 e. The Hall–Kier alpha value is -3.89. The summed E-state index contributed by atoms with van der Waals surface area (Å²) in [4.78, 5) is 16.5. The number of halogens is 3. The van der Waals surface area contributed by atoms with Crippen LogP contribution in [0.15, 0.2) is 60.1 Å². The molecule has 11 heteroatoms. The highest BCUT2D eigenvalue weighted by atomic mass is 19.4. The number of benzene rings is 1. The first kappa shape index (κ1) is 21.3. The summed E-state index contributed by atoms with van der Waals surface area (Å²) in [7, 11) is 1.51. The van der Waals surface area contributed by atoms with Gasteiger partial charge in [-0.25, -0.2) is 10.1 Å². The third kappa shape index (κ3) is 4.41. The molecule has 0 spiro atoms. The smallest absolute Gasteiger partial charge is 0.410 e. The number of hydrogen-bond acceptors (Lipinski definition) is 6. The first-order valence-electron chi connectivity index (χ1n) is 9.65. The van der Waals surface area contributed by atoms with Crippen molar-refractivity contribution in [1.29, 1.82) is 0 Å². The molecular weight excluding hydrogens is 425 g/mol. The lowest BCUT2D eigenvalue weighted by Crippen LogP contribution is -2.36. The zero-order chi connectivity index (χ0) is 22.7. The second kappa shape index (κ2) is 8.69. The summed E-state index contributed by atoms with van der Waals surface area (Å²) in [6, 6.07) is 7.60. The first-order valence-corrected chi connectivity index (χ1v) is 9.65. The number of fused-ring (bicyclic) bond motifs is 1. The van der Waals surface area contributed by atoms with E-state index in [1.807, 2.05) is 0 Å². The van der Waals surface area contributed by atoms with Crippen molar-refractivity contribution in [3.05, 3.63) is 71.7 Å². The Labute approximate surface area is 181 Å². The second-order valence-electron chi connectivity index (χ2n) is 7.10. The Bertz CT molecular complexity index is 1110. The summed E-state index contributed by atoms with van der Waals surface area (Å²) < 4.78 is 47.3. The standard InChI is InChI=1S/C21H19F3N6O2/c1-32-15-6-4-14(5-7-15)17-9-18(21(22,23)24)30-19(28-17)16(12-27-30)20(31)29-26-11-13-3-2-8-25-10-13/h2-8,10-12,17-18,28H,9H2,1H3,(H,29,31). The maximum Gasteiger partial charge on any atom is 0.410 e. The molecule has 1 aliphatic heterocycles. The Morgan fingerprint density at radius 1 is 1.28 bits per heavy atom. The van der Waals surface area contributed by atoms with E-state index in [1.165, 1.54) is 13.3 Å². The van der Waals surface area contributed by atoms with Crippen LogP contribution in [0.1, 0.15) is 40.0 Å². The molecule has 3 aromatic rings. The maximum atomic E-state index is 13.8. The van der Waals surface area contributed by atoms with Crippen molar-refractivity contribution in [2.24, 2.45) is 5.10 Å². The average molecular weight is 444 g/mol. The van der Waals surface area contributed by atoms with Gasteiger partial charge in [-0.2, -0.15) is 23.4 Å². The first-order chi connectivity index (χ1) is 15.4. The van der Waals surface area contributed by atoms with Crippen LogP contribution >= 0.6 is 0 Å². The van der Waals surface area contributed by atoms with Crippen LogP contribution in [0.25, 0.3) is 0 Å². The van der Waals surface area contributed by atoms with Crippen LogP contribution < -0.4 is 15.5 Å². The van der Waals surface area contributed by atoms with Crippen molar-refractivity contribution in [2.45, 2.75) is 24.7 Å². The number of hydrogen-bond donors (Lipinski definition) is 2. The second-order valence-corrected chi connectivity index (χ2v) is 7.10. The quantitative estimate of drug-likeness (QED) is 0.462. The van der Waals surface area contributed by atoms with Crippen LogP contribution in [-0.2, 0) is 0 Å². The molecule has 1 amide bonds. The monoisotopic (exact) mass is 444 g/mol. The molecule has 2 N–H and O–H groups in total. The Morgan fingerprint density at radius 3 is 2.72 bits per heavy atom. The average Bonchev–Trinajstić information content (AvgIpc) is 3.22. The lowest BCUT2D eigenvalue weighted by Gasteiger charge is -2.34. The van der Waals surface area contributed by atoms with E-state index in [0.717, 1.165) is 10.9 Å². The highest BCUT2D eigenvalue weighted by Gasteiger charge is 2.47. The van der Waals surface area contributed by atoms with E-state index >= 15 is 0 Å². The third-order valence-corrected chi connectivity index (χ3v) is 5.07. The molecule has 2 aromatic heterocycles. The minimum Gasteiger partial charge on any atom is -0.497 e. The topological polar surface area (TPSA) is 93.4 Å². The van der Waals surface area contributed by atoms with Crippen LogP contribution in [0, 0.1) is 0 Å². The summed E-state index contributed by atoms with van der Waals surface area (Å²) in [5.74, 6) is -0.114. The lowest BCUT2D eigenvalue weighted by atomic mass is 9.96. The molecule has 4 rings (SSSR count). The van der Waals surface area contributed by atoms with Gasteiger partial charge < -0.3 is 10.1 Å². The van der Waals surface area contributed by atoms with Gasteiger partial charge in [-0.15, -0.1) is 0 Å². The van der Waals surface area contributed by atoms with E-state index in [9.17, 15) is 18.0 Å². The van der Waals surface area contributed by atoms with E-state index in [0.29, 0.717) is 16.9 Å². The van der Waals surface area contributed by atoms with Crippen molar-refractivity contribution < 1.29 is 22.7 Å². The summed E-state index contributed by atoms with van der Waals surface area (Å²) >= 11 is 0. The van der Waals surface area contributed by atoms with E-state index in [1.54, 1.807) is 48.8 Å². The molecule has 32 heavy (non-hydrogen) atoms. The summed E-state index contributed by atoms with van der Waals surface area (Å²) in [5.41, 5.74) is 3.56. The van der Waals surface area contributed by atoms with Crippen LogP contribution in [-0.4, -0.2) is 40.2 Å². The Kier molecular flexibility index (Phi) is 5.80. The minimum atomic E-state index is -4.54. The van der Waals surface area contributed by atoms with E-state index in [4.69, 9.17) is 4.74 Å². The van der Waals surface area contributed by atoms with Crippen LogP contribution in [0.2, 0.25) is 0 Å². The molecule has 2 atom stereocenters. The van der Waals surface area contributed by atoms with E-state index < -0.39 is 24.2 Å². The number of ether oxygens (including phenoxy) is 1. The highest BCUT2D eigenvalue weighted by molar-refractivity contribution is 5.99. The Morgan fingerprint density at radius 2 is 2.06 bits per heavy atom. The predicted octanol–water partition coefficient (Wildman–Crippen LogP) is 3.71. The van der Waals surface area contributed by atoms with Crippen molar-refractivity contribution in [2.75, 3.05) is 12.4 Å². The number of alkyl halides is 3. The van der Waals surface area contributed by atoms with Gasteiger partial charge in [0.15, 0.2) is 6.04 Å². The van der Waals surface area contributed by atoms with Crippen LogP contribution in [0.4, 0.5) is 19.0 Å². The van der Waals surface area contributed by atoms with Gasteiger partial charge in [0, 0.05) is 24.4 Å². The van der Waals surface area contributed by atoms with Gasteiger partial charge in [-0.3, -0.25) is 9.78 Å². The number of amides is 1. The summed E-state index contributed by atoms with van der Waals surface area (Å²) in [5, 5.41) is 10.7. The molecule has 0 bridgehead atoms. The van der Waals surface area contributed by atoms with E-state index in [2.05, 4.69) is 25.9 Å². The lowest BCUT2D eigenvalue weighted by molar-refractivity contribution is -0.173. The van der Waals surface area contributed by atoms with Gasteiger partial charge in [0.05, 0.1) is 25.6 Å². The summed E-state index contributed by atoms with van der Waals surface area (Å²) in [6.07, 6.45) is 0.813. The van der Waals surface area contributed by atoms with E-state index in [-0.39, 0.29) is 17.8 Å². The van der Waals surface area contributed by atoms with Crippen molar-refractivity contribution >= 4 is 17.9 Å². The van der Waals surface area contributed by atoms with Gasteiger partial charge in [0.25, 0.3) is 5.91 Å². The minimum absolute atomic E-state index is 0.0199. The number of methoxy groups -OCH3 is 1. The maximum absolute atomic E-state index is 13.8. The third-order valence-electron chi connectivity index (χ3n) is 5.07. The number of nitrogens with one attached hydrogen (secondary N) is 2. The van der Waals surface area contributed by atoms with Gasteiger partial charge in [0.2, 0.25) is 0 Å². The molecular formula is C21H19F3N6O2. The number of aromatic nitrogens is 3. The van der Waals surface area contributed by atoms with Crippen molar-refractivity contribution in [1.82, 2.24) is 20.2 Å². The molecule has 166 valence electrons. The normalized spacial score (nSPS) is 18.1. The number of carbonyl (C=O) groups excluding carboxylic acids is 1. The van der Waals surface area contributed by atoms with Crippen molar-refractivity contribution in [3.8, 4) is 5.75 Å². The van der Waals surface area contributed by atoms with Gasteiger partial charge in [-0.05, 0) is 23.8 Å². The number of anilines is 1. The predicted molar refractivity (Wildman–Crippen MR) is 111 cm³/mol. The number of pyridine rings is 1. The molecule has 0 saturated carbocycles. The molecule has 0 radical (unpaired) electrons. The van der Waals surface area contributed by atoms with Gasteiger partial charge >= 0.3 is 6.18 Å². The number of carbonyl (C=O) groups is 1. The SMILES string of the molecule is COc1ccc(C2CC(C(F)(F)F)n3ncc(C(=O)NN=Cc4cccnc4)c3N2)cc1. The number of rotatable bonds is 5. The van der Waals surface area contributed by atoms with Crippen LogP contribution in [0.3, 0.4) is 0 Å². The fourth-order valence-corrected chi connectivity index (χ4v) is 3.46. The van der Waals surface area contributed by atoms with Gasteiger partial charge in [-0.1, -0.05) is 18.2 Å². The van der Waals surface area contributed by atoms with Crippen molar-refractivity contribution in [3.63, 3.8) is 0 Å². The van der Waals surface area contributed by atoms with Crippen LogP contribution in [0.5, 0.6) is 5.75 Å². The van der Waals surface area contributed by atoms with Gasteiger partial charge in [0.1, 0.15) is 17.1 Å². The molecule has 3 heterocycles. The zero-order valence-electron chi connectivity index (χ0n) is 16.9. The molecule has 1 aromatic carbocycles.